The Morgan fingerprint density at radius 2 is 2.35 bits per heavy atom. The van der Waals surface area contributed by atoms with Crippen molar-refractivity contribution in [2.45, 2.75) is 25.8 Å². The van der Waals surface area contributed by atoms with E-state index in [9.17, 15) is 18.4 Å². The monoisotopic (exact) mass is 250 g/mol. The minimum absolute atomic E-state index is 0.0182. The Bertz CT molecular complexity index is 287. The van der Waals surface area contributed by atoms with E-state index >= 15 is 0 Å². The van der Waals surface area contributed by atoms with Gasteiger partial charge in [0.2, 0.25) is 11.8 Å². The number of alkyl halides is 2. The van der Waals surface area contributed by atoms with Crippen molar-refractivity contribution in [1.29, 1.82) is 0 Å². The predicted octanol–water partition coefficient (Wildman–Crippen LogP) is 0.00510. The molecule has 1 fully saturated rings. The first-order valence-electron chi connectivity index (χ1n) is 5.45. The van der Waals surface area contributed by atoms with Crippen molar-refractivity contribution in [2.24, 2.45) is 0 Å². The quantitative estimate of drug-likeness (QED) is 0.699. The van der Waals surface area contributed by atoms with Crippen LogP contribution in [0.2, 0.25) is 0 Å². The first-order valence-corrected chi connectivity index (χ1v) is 5.45. The van der Waals surface area contributed by atoms with Gasteiger partial charge in [0, 0.05) is 13.1 Å². The molecule has 0 saturated carbocycles. The van der Waals surface area contributed by atoms with Crippen LogP contribution < -0.4 is 5.32 Å². The Morgan fingerprint density at radius 1 is 1.65 bits per heavy atom. The zero-order chi connectivity index (χ0) is 12.8. The van der Waals surface area contributed by atoms with Gasteiger partial charge in [-0.05, 0) is 6.92 Å². The SMILES string of the molecule is CC1C(=O)NCCN1C(=O)CCOCC(F)F. The van der Waals surface area contributed by atoms with Gasteiger partial charge < -0.3 is 15.0 Å². The van der Waals surface area contributed by atoms with Crippen LogP contribution >= 0.6 is 0 Å². The maximum absolute atomic E-state index is 11.8. The Hall–Kier alpha value is -1.24. The van der Waals surface area contributed by atoms with Gasteiger partial charge in [-0.2, -0.15) is 0 Å². The summed E-state index contributed by atoms with van der Waals surface area (Å²) in [4.78, 5) is 24.4. The molecule has 98 valence electrons. The molecule has 1 saturated heterocycles. The molecule has 17 heavy (non-hydrogen) atoms. The van der Waals surface area contributed by atoms with E-state index in [1.807, 2.05) is 0 Å². The van der Waals surface area contributed by atoms with Crippen LogP contribution in [0.3, 0.4) is 0 Å². The van der Waals surface area contributed by atoms with Crippen molar-refractivity contribution in [3.05, 3.63) is 0 Å². The van der Waals surface area contributed by atoms with E-state index in [0.29, 0.717) is 13.1 Å². The summed E-state index contributed by atoms with van der Waals surface area (Å²) in [5, 5.41) is 2.64. The van der Waals surface area contributed by atoms with E-state index in [1.165, 1.54) is 4.90 Å². The molecule has 7 heteroatoms. The highest BCUT2D eigenvalue weighted by atomic mass is 19.3. The summed E-state index contributed by atoms with van der Waals surface area (Å²) >= 11 is 0. The zero-order valence-electron chi connectivity index (χ0n) is 9.62. The average Bonchev–Trinajstić information content (AvgIpc) is 2.27. The highest BCUT2D eigenvalue weighted by molar-refractivity contribution is 5.88. The first kappa shape index (κ1) is 13.8. The number of nitrogens with one attached hydrogen (secondary N) is 1. The lowest BCUT2D eigenvalue weighted by atomic mass is 10.2. The summed E-state index contributed by atoms with van der Waals surface area (Å²) in [6.07, 6.45) is -2.51. The average molecular weight is 250 g/mol. The fourth-order valence-electron chi connectivity index (χ4n) is 1.60. The van der Waals surface area contributed by atoms with Crippen LogP contribution in [0.5, 0.6) is 0 Å². The lowest BCUT2D eigenvalue weighted by Gasteiger charge is -2.32. The number of hydrogen-bond donors (Lipinski definition) is 1. The van der Waals surface area contributed by atoms with E-state index in [0.717, 1.165) is 0 Å². The second kappa shape index (κ2) is 6.48. The molecule has 0 aromatic carbocycles. The molecule has 0 radical (unpaired) electrons. The van der Waals surface area contributed by atoms with Crippen molar-refractivity contribution in [3.63, 3.8) is 0 Å². The zero-order valence-corrected chi connectivity index (χ0v) is 9.62. The van der Waals surface area contributed by atoms with Crippen molar-refractivity contribution < 1.29 is 23.1 Å². The fraction of sp³-hybridized carbons (Fsp3) is 0.800. The Kier molecular flexibility index (Phi) is 5.27. The lowest BCUT2D eigenvalue weighted by Crippen LogP contribution is -2.55. The molecule has 1 aliphatic rings. The van der Waals surface area contributed by atoms with E-state index in [2.05, 4.69) is 10.1 Å². The minimum Gasteiger partial charge on any atom is -0.375 e. The van der Waals surface area contributed by atoms with Crippen LogP contribution in [0.25, 0.3) is 0 Å². The smallest absolute Gasteiger partial charge is 0.261 e. The molecule has 0 aromatic heterocycles. The molecule has 1 rings (SSSR count). The van der Waals surface area contributed by atoms with Gasteiger partial charge in [0.1, 0.15) is 12.6 Å². The fourth-order valence-corrected chi connectivity index (χ4v) is 1.60. The van der Waals surface area contributed by atoms with Gasteiger partial charge in [0.05, 0.1) is 13.0 Å². The largest absolute Gasteiger partial charge is 0.375 e. The molecule has 0 aromatic rings. The maximum Gasteiger partial charge on any atom is 0.261 e. The van der Waals surface area contributed by atoms with Crippen LogP contribution in [0.15, 0.2) is 0 Å². The highest BCUT2D eigenvalue weighted by Gasteiger charge is 2.28. The topological polar surface area (TPSA) is 58.6 Å². The summed E-state index contributed by atoms with van der Waals surface area (Å²) in [6.45, 7) is 1.79. The third-order valence-electron chi connectivity index (χ3n) is 2.52. The van der Waals surface area contributed by atoms with E-state index in [4.69, 9.17) is 0 Å². The maximum atomic E-state index is 11.8. The molecule has 0 bridgehead atoms. The summed E-state index contributed by atoms with van der Waals surface area (Å²) in [6, 6.07) is -0.508. The molecule has 0 aliphatic carbocycles. The Morgan fingerprint density at radius 3 is 3.00 bits per heavy atom. The summed E-state index contributed by atoms with van der Waals surface area (Å²) in [7, 11) is 0. The number of carbonyl (C=O) groups is 2. The molecule has 1 aliphatic heterocycles. The molecular weight excluding hydrogens is 234 g/mol. The predicted molar refractivity (Wildman–Crippen MR) is 55.6 cm³/mol. The Labute approximate surface area is 98.1 Å². The van der Waals surface area contributed by atoms with E-state index in [1.54, 1.807) is 6.92 Å². The number of nitrogens with zero attached hydrogens (tertiary/aromatic N) is 1. The van der Waals surface area contributed by atoms with Crippen LogP contribution in [-0.2, 0) is 14.3 Å². The van der Waals surface area contributed by atoms with Crippen LogP contribution in [0, 0.1) is 0 Å². The number of carbonyl (C=O) groups excluding carboxylic acids is 2. The standard InChI is InChI=1S/C10H16F2N2O3/c1-7-10(16)13-3-4-14(7)9(15)2-5-17-6-8(11)12/h7-8H,2-6H2,1H3,(H,13,16). The van der Waals surface area contributed by atoms with Crippen molar-refractivity contribution in [3.8, 4) is 0 Å². The van der Waals surface area contributed by atoms with Gasteiger partial charge in [-0.25, -0.2) is 8.78 Å². The first-order chi connectivity index (χ1) is 8.02. The third-order valence-corrected chi connectivity index (χ3v) is 2.52. The summed E-state index contributed by atoms with van der Waals surface area (Å²) < 4.78 is 28.1. The summed E-state index contributed by atoms with van der Waals surface area (Å²) in [5.74, 6) is -0.445. The van der Waals surface area contributed by atoms with Crippen molar-refractivity contribution in [2.75, 3.05) is 26.3 Å². The van der Waals surface area contributed by atoms with Crippen LogP contribution in [-0.4, -0.2) is 55.5 Å². The molecule has 1 atom stereocenters. The second-order valence-electron chi connectivity index (χ2n) is 3.77. The van der Waals surface area contributed by atoms with E-state index < -0.39 is 19.1 Å². The van der Waals surface area contributed by atoms with Gasteiger partial charge >= 0.3 is 0 Å². The number of piperazine rings is 1. The number of rotatable bonds is 5. The van der Waals surface area contributed by atoms with Gasteiger partial charge in [-0.1, -0.05) is 0 Å². The number of halogens is 2. The molecule has 1 heterocycles. The van der Waals surface area contributed by atoms with E-state index in [-0.39, 0.29) is 24.8 Å². The van der Waals surface area contributed by atoms with Gasteiger partial charge in [-0.3, -0.25) is 9.59 Å². The minimum atomic E-state index is -2.52. The number of ether oxygens (including phenoxy) is 1. The molecule has 1 N–H and O–H groups in total. The van der Waals surface area contributed by atoms with Gasteiger partial charge in [0.25, 0.3) is 6.43 Å². The van der Waals surface area contributed by atoms with Crippen LogP contribution in [0.4, 0.5) is 8.78 Å². The van der Waals surface area contributed by atoms with Crippen molar-refractivity contribution in [1.82, 2.24) is 10.2 Å². The third kappa shape index (κ3) is 4.26. The molecule has 5 nitrogen and oxygen atoms in total. The molecular formula is C10H16F2N2O3. The van der Waals surface area contributed by atoms with Gasteiger partial charge in [0.15, 0.2) is 0 Å². The van der Waals surface area contributed by atoms with Gasteiger partial charge in [-0.15, -0.1) is 0 Å². The second-order valence-corrected chi connectivity index (χ2v) is 3.77. The number of amides is 2. The Balaban J connectivity index is 2.29. The molecule has 2 amide bonds. The number of hydrogen-bond acceptors (Lipinski definition) is 3. The molecule has 1 unspecified atom stereocenters. The normalized spacial score (nSPS) is 20.6. The van der Waals surface area contributed by atoms with Crippen molar-refractivity contribution >= 4 is 11.8 Å². The van der Waals surface area contributed by atoms with Crippen LogP contribution in [0.1, 0.15) is 13.3 Å². The molecule has 0 spiro atoms. The summed E-state index contributed by atoms with van der Waals surface area (Å²) in [5.41, 5.74) is 0. The lowest BCUT2D eigenvalue weighted by molar-refractivity contribution is -0.143. The highest BCUT2D eigenvalue weighted by Crippen LogP contribution is 2.06.